The van der Waals surface area contributed by atoms with E-state index in [0.717, 1.165) is 0 Å². The van der Waals surface area contributed by atoms with Gasteiger partial charge in [0, 0.05) is 19.5 Å². The van der Waals surface area contributed by atoms with E-state index in [4.69, 9.17) is 19.9 Å². The Morgan fingerprint density at radius 2 is 2.45 bits per heavy atom. The predicted octanol–water partition coefficient (Wildman–Crippen LogP) is -0.307. The van der Waals surface area contributed by atoms with Gasteiger partial charge in [0.05, 0.1) is 13.2 Å². The van der Waals surface area contributed by atoms with Gasteiger partial charge in [-0.15, -0.1) is 0 Å². The normalized spacial score (nSPS) is 23.1. The van der Waals surface area contributed by atoms with E-state index in [1.165, 1.54) is 23.8 Å². The molecule has 1 aliphatic heterocycles. The summed E-state index contributed by atoms with van der Waals surface area (Å²) in [6, 6.07) is 1.53. The molecule has 8 nitrogen and oxygen atoms in total. The molecule has 0 radical (unpaired) electrons. The maximum Gasteiger partial charge on any atom is 0.351 e. The zero-order valence-electron chi connectivity index (χ0n) is 11.2. The number of nitrogens with two attached hydrogens (primary N) is 1. The van der Waals surface area contributed by atoms with Gasteiger partial charge in [0.1, 0.15) is 24.8 Å². The third-order valence-electron chi connectivity index (χ3n) is 2.80. The second-order valence-electron chi connectivity index (χ2n) is 4.42. The minimum Gasteiger partial charge on any atom is -0.463 e. The summed E-state index contributed by atoms with van der Waals surface area (Å²) >= 11 is 0. The summed E-state index contributed by atoms with van der Waals surface area (Å²) in [7, 11) is 0. The molecule has 1 aromatic rings. The second kappa shape index (κ2) is 6.49. The highest BCUT2D eigenvalue weighted by molar-refractivity contribution is 5.65. The van der Waals surface area contributed by atoms with Gasteiger partial charge in [-0.3, -0.25) is 9.36 Å². The van der Waals surface area contributed by atoms with Crippen LogP contribution in [0.3, 0.4) is 0 Å². The van der Waals surface area contributed by atoms with E-state index in [1.54, 1.807) is 0 Å². The lowest BCUT2D eigenvalue weighted by Gasteiger charge is -2.21. The van der Waals surface area contributed by atoms with Crippen molar-refractivity contribution >= 4 is 11.8 Å². The third kappa shape index (κ3) is 3.78. The number of carbonyl (C=O) groups excluding carboxylic acids is 1. The lowest BCUT2D eigenvalue weighted by molar-refractivity contribution is -0.149. The number of nitrogens with zero attached hydrogens (tertiary/aromatic N) is 2. The summed E-state index contributed by atoms with van der Waals surface area (Å²) in [5.41, 5.74) is 4.97. The molecule has 2 atom stereocenters. The highest BCUT2D eigenvalue weighted by Crippen LogP contribution is 2.18. The molecule has 0 saturated carbocycles. The van der Waals surface area contributed by atoms with Crippen molar-refractivity contribution in [2.45, 2.75) is 25.7 Å². The van der Waals surface area contributed by atoms with Crippen LogP contribution in [0.2, 0.25) is 0 Å². The largest absolute Gasteiger partial charge is 0.463 e. The minimum atomic E-state index is -0.515. The second-order valence-corrected chi connectivity index (χ2v) is 4.42. The van der Waals surface area contributed by atoms with Crippen LogP contribution in [0.15, 0.2) is 17.1 Å². The molecule has 1 aliphatic rings. The van der Waals surface area contributed by atoms with E-state index in [-0.39, 0.29) is 18.4 Å². The van der Waals surface area contributed by atoms with Crippen molar-refractivity contribution in [1.29, 1.82) is 0 Å². The fourth-order valence-corrected chi connectivity index (χ4v) is 1.88. The number of hydrogen-bond donors (Lipinski definition) is 1. The van der Waals surface area contributed by atoms with Crippen LogP contribution in [0.5, 0.6) is 0 Å². The molecule has 0 amide bonds. The molecule has 1 saturated heterocycles. The molecule has 0 unspecified atom stereocenters. The first kappa shape index (κ1) is 14.5. The topological polar surface area (TPSA) is 106 Å². The summed E-state index contributed by atoms with van der Waals surface area (Å²) in [6.45, 7) is 2.16. The molecule has 20 heavy (non-hydrogen) atoms. The Morgan fingerprint density at radius 1 is 1.65 bits per heavy atom. The van der Waals surface area contributed by atoms with Gasteiger partial charge in [-0.05, 0) is 6.07 Å². The zero-order chi connectivity index (χ0) is 14.5. The average molecular weight is 283 g/mol. The van der Waals surface area contributed by atoms with Gasteiger partial charge in [0.15, 0.2) is 0 Å². The molecule has 0 aromatic carbocycles. The van der Waals surface area contributed by atoms with Crippen molar-refractivity contribution in [3.05, 3.63) is 22.7 Å². The van der Waals surface area contributed by atoms with E-state index < -0.39 is 18.0 Å². The van der Waals surface area contributed by atoms with Crippen LogP contribution in [-0.2, 0) is 19.0 Å². The Morgan fingerprint density at radius 3 is 3.15 bits per heavy atom. The predicted molar refractivity (Wildman–Crippen MR) is 68.9 cm³/mol. The number of ether oxygens (including phenoxy) is 3. The van der Waals surface area contributed by atoms with Crippen molar-refractivity contribution in [3.63, 3.8) is 0 Å². The van der Waals surface area contributed by atoms with Crippen molar-refractivity contribution < 1.29 is 19.0 Å². The fourth-order valence-electron chi connectivity index (χ4n) is 1.88. The van der Waals surface area contributed by atoms with Gasteiger partial charge >= 0.3 is 11.7 Å². The number of rotatable bonds is 3. The van der Waals surface area contributed by atoms with Gasteiger partial charge in [-0.1, -0.05) is 0 Å². The Hall–Kier alpha value is -1.93. The Bertz CT molecular complexity index is 530. The molecule has 2 heterocycles. The molecule has 0 aliphatic carbocycles. The minimum absolute atomic E-state index is 0.0863. The molecule has 1 fully saturated rings. The monoisotopic (exact) mass is 283 g/mol. The van der Waals surface area contributed by atoms with Crippen LogP contribution in [-0.4, -0.2) is 41.4 Å². The molecular weight excluding hydrogens is 266 g/mol. The van der Waals surface area contributed by atoms with Crippen molar-refractivity contribution in [3.8, 4) is 0 Å². The quantitative estimate of drug-likeness (QED) is 0.758. The standard InChI is InChI=1S/C12H17N3O5/c1-8(16)19-7-9-6-18-5-3-11(20-9)15-4-2-10(13)14-12(15)17/h2,4,9,11H,3,5-7H2,1H3,(H2,13,14,17)/t9-,11-/m1/s1. The van der Waals surface area contributed by atoms with Crippen LogP contribution in [0.1, 0.15) is 19.6 Å². The van der Waals surface area contributed by atoms with Gasteiger partial charge in [-0.2, -0.15) is 4.98 Å². The van der Waals surface area contributed by atoms with E-state index >= 15 is 0 Å². The molecular formula is C12H17N3O5. The summed E-state index contributed by atoms with van der Waals surface area (Å²) in [5, 5.41) is 0. The van der Waals surface area contributed by atoms with E-state index in [1.807, 2.05) is 0 Å². The van der Waals surface area contributed by atoms with E-state index in [0.29, 0.717) is 19.6 Å². The molecule has 0 bridgehead atoms. The van der Waals surface area contributed by atoms with Crippen LogP contribution in [0, 0.1) is 0 Å². The number of esters is 1. The van der Waals surface area contributed by atoms with Crippen LogP contribution in [0.4, 0.5) is 5.82 Å². The van der Waals surface area contributed by atoms with E-state index in [9.17, 15) is 9.59 Å². The molecule has 1 aromatic heterocycles. The summed E-state index contributed by atoms with van der Waals surface area (Å²) < 4.78 is 17.4. The highest BCUT2D eigenvalue weighted by atomic mass is 16.6. The summed E-state index contributed by atoms with van der Waals surface area (Å²) in [4.78, 5) is 26.3. The zero-order valence-corrected chi connectivity index (χ0v) is 11.2. The van der Waals surface area contributed by atoms with Crippen molar-refractivity contribution in [2.24, 2.45) is 0 Å². The lowest BCUT2D eigenvalue weighted by atomic mass is 10.3. The van der Waals surface area contributed by atoms with Gasteiger partial charge in [0.25, 0.3) is 0 Å². The molecule has 110 valence electrons. The number of carbonyl (C=O) groups is 1. The smallest absolute Gasteiger partial charge is 0.351 e. The van der Waals surface area contributed by atoms with Crippen LogP contribution >= 0.6 is 0 Å². The molecule has 2 N–H and O–H groups in total. The van der Waals surface area contributed by atoms with Crippen LogP contribution < -0.4 is 11.4 Å². The third-order valence-corrected chi connectivity index (χ3v) is 2.80. The maximum atomic E-state index is 11.8. The van der Waals surface area contributed by atoms with Crippen LogP contribution in [0.25, 0.3) is 0 Å². The van der Waals surface area contributed by atoms with Gasteiger partial charge in [0.2, 0.25) is 0 Å². The number of hydrogen-bond acceptors (Lipinski definition) is 7. The summed E-state index contributed by atoms with van der Waals surface area (Å²) in [5.74, 6) is -0.228. The summed E-state index contributed by atoms with van der Waals surface area (Å²) in [6.07, 6.45) is 1.10. The highest BCUT2D eigenvalue weighted by Gasteiger charge is 2.24. The Kier molecular flexibility index (Phi) is 4.70. The number of nitrogen functional groups attached to an aromatic ring is 1. The number of anilines is 1. The Labute approximate surface area is 115 Å². The number of aromatic nitrogens is 2. The maximum absolute atomic E-state index is 11.8. The Balaban J connectivity index is 2.09. The van der Waals surface area contributed by atoms with Crippen molar-refractivity contribution in [2.75, 3.05) is 25.6 Å². The first-order chi connectivity index (χ1) is 9.56. The molecule has 2 rings (SSSR count). The lowest BCUT2D eigenvalue weighted by Crippen LogP contribution is -2.33. The average Bonchev–Trinajstić information content (AvgIpc) is 2.62. The van der Waals surface area contributed by atoms with Gasteiger partial charge < -0.3 is 19.9 Å². The fraction of sp³-hybridized carbons (Fsp3) is 0.583. The first-order valence-electron chi connectivity index (χ1n) is 6.27. The SMILES string of the molecule is CC(=O)OC[C@H]1COCC[C@H](n2ccc(N)nc2=O)O1. The molecule has 8 heteroatoms. The van der Waals surface area contributed by atoms with Gasteiger partial charge in [-0.25, -0.2) is 4.79 Å². The van der Waals surface area contributed by atoms with Crippen molar-refractivity contribution in [1.82, 2.24) is 9.55 Å². The molecule has 0 spiro atoms. The van der Waals surface area contributed by atoms with E-state index in [2.05, 4.69) is 4.98 Å². The first-order valence-corrected chi connectivity index (χ1v) is 6.27.